The number of aliphatic hydroxyl groups is 1. The Morgan fingerprint density at radius 2 is 2.12 bits per heavy atom. The number of rotatable bonds is 11. The first-order valence-electron chi connectivity index (χ1n) is 13.6. The van der Waals surface area contributed by atoms with Gasteiger partial charge in [0.2, 0.25) is 0 Å². The molecule has 0 bridgehead atoms. The molecular weight excluding hydrogens is 426 g/mol. The Labute approximate surface area is 206 Å². The minimum atomic E-state index is -0.784. The molecule has 1 saturated heterocycles. The predicted octanol–water partition coefficient (Wildman–Crippen LogP) is 5.91. The third-order valence-corrected chi connectivity index (χ3v) is 7.80. The Morgan fingerprint density at radius 3 is 2.76 bits per heavy atom. The highest BCUT2D eigenvalue weighted by molar-refractivity contribution is 5.95. The van der Waals surface area contributed by atoms with Crippen molar-refractivity contribution in [3.8, 4) is 0 Å². The fourth-order valence-corrected chi connectivity index (χ4v) is 5.85. The van der Waals surface area contributed by atoms with Crippen LogP contribution in [0.15, 0.2) is 35.5 Å². The van der Waals surface area contributed by atoms with E-state index >= 15 is 0 Å². The topological polar surface area (TPSA) is 81.8 Å². The van der Waals surface area contributed by atoms with Gasteiger partial charge >= 0.3 is 0 Å². The summed E-state index contributed by atoms with van der Waals surface area (Å²) >= 11 is 0. The summed E-state index contributed by atoms with van der Waals surface area (Å²) in [5.74, 6) is 0.759. The van der Waals surface area contributed by atoms with E-state index in [-0.39, 0.29) is 23.6 Å². The third-order valence-electron chi connectivity index (χ3n) is 7.80. The first kappa shape index (κ1) is 27.3. The Hall–Kier alpha value is -1.27. The zero-order valence-corrected chi connectivity index (χ0v) is 21.9. The lowest BCUT2D eigenvalue weighted by Gasteiger charge is -2.45. The molecule has 192 valence electrons. The number of hydrogen-bond acceptors (Lipinski definition) is 5. The summed E-state index contributed by atoms with van der Waals surface area (Å²) < 4.78 is 12.7. The molecule has 5 nitrogen and oxygen atoms in total. The molecule has 5 unspecified atom stereocenters. The molecule has 34 heavy (non-hydrogen) atoms. The van der Waals surface area contributed by atoms with Crippen molar-refractivity contribution >= 4 is 5.78 Å². The molecule has 0 saturated carbocycles. The van der Waals surface area contributed by atoms with Crippen molar-refractivity contribution in [1.29, 1.82) is 0 Å². The maximum absolute atomic E-state index is 13.0. The van der Waals surface area contributed by atoms with Gasteiger partial charge in [0.15, 0.2) is 5.78 Å². The minimum Gasteiger partial charge on any atom is -0.386 e. The number of hydrogen-bond donors (Lipinski definition) is 2. The van der Waals surface area contributed by atoms with Crippen LogP contribution in [0.4, 0.5) is 0 Å². The molecule has 0 aromatic carbocycles. The van der Waals surface area contributed by atoms with Gasteiger partial charge in [0, 0.05) is 6.42 Å². The smallest absolute Gasteiger partial charge is 0.158 e. The highest BCUT2D eigenvalue weighted by atomic mass is 16.5. The van der Waals surface area contributed by atoms with Crippen LogP contribution in [0, 0.1) is 5.92 Å². The maximum Gasteiger partial charge on any atom is 0.158 e. The van der Waals surface area contributed by atoms with Crippen LogP contribution >= 0.6 is 0 Å². The van der Waals surface area contributed by atoms with Crippen molar-refractivity contribution in [2.24, 2.45) is 11.7 Å². The fourth-order valence-electron chi connectivity index (χ4n) is 5.85. The van der Waals surface area contributed by atoms with Crippen molar-refractivity contribution in [3.05, 3.63) is 35.5 Å². The van der Waals surface area contributed by atoms with E-state index in [1.165, 1.54) is 5.57 Å². The van der Waals surface area contributed by atoms with Crippen LogP contribution in [0.2, 0.25) is 0 Å². The maximum atomic E-state index is 13.0. The molecule has 0 aromatic heterocycles. The average molecular weight is 474 g/mol. The average Bonchev–Trinajstić information content (AvgIpc) is 2.80. The molecule has 0 aromatic rings. The number of carbonyl (C=O) groups excluding carboxylic acids is 1. The lowest BCUT2D eigenvalue weighted by atomic mass is 9.77. The van der Waals surface area contributed by atoms with E-state index in [1.807, 2.05) is 13.8 Å². The molecule has 1 aliphatic heterocycles. The highest BCUT2D eigenvalue weighted by Gasteiger charge is 2.40. The largest absolute Gasteiger partial charge is 0.386 e. The van der Waals surface area contributed by atoms with E-state index in [2.05, 4.69) is 32.1 Å². The van der Waals surface area contributed by atoms with Crippen molar-refractivity contribution in [1.82, 2.24) is 0 Å². The van der Waals surface area contributed by atoms with Gasteiger partial charge in [-0.15, -0.1) is 0 Å². The van der Waals surface area contributed by atoms with Crippen molar-refractivity contribution in [2.45, 2.75) is 134 Å². The molecule has 0 radical (unpaired) electrons. The summed E-state index contributed by atoms with van der Waals surface area (Å²) in [6.45, 7) is 8.36. The van der Waals surface area contributed by atoms with Crippen LogP contribution in [0.1, 0.15) is 105 Å². The second-order valence-corrected chi connectivity index (χ2v) is 11.1. The van der Waals surface area contributed by atoms with Gasteiger partial charge in [0.05, 0.1) is 23.9 Å². The lowest BCUT2D eigenvalue weighted by molar-refractivity contribution is -0.139. The Morgan fingerprint density at radius 1 is 1.32 bits per heavy atom. The highest BCUT2D eigenvalue weighted by Crippen LogP contribution is 2.42. The molecule has 0 amide bonds. The Kier molecular flexibility index (Phi) is 9.74. The number of carbonyl (C=O) groups is 1. The Bertz CT molecular complexity index is 783. The fraction of sp³-hybridized carbons (Fsp3) is 0.759. The first-order chi connectivity index (χ1) is 16.2. The molecule has 2 aliphatic carbocycles. The summed E-state index contributed by atoms with van der Waals surface area (Å²) in [7, 11) is 0. The van der Waals surface area contributed by atoms with Crippen LogP contribution in [-0.2, 0) is 14.3 Å². The van der Waals surface area contributed by atoms with Gasteiger partial charge in [0.25, 0.3) is 0 Å². The Balaban J connectivity index is 1.57. The van der Waals surface area contributed by atoms with E-state index in [0.717, 1.165) is 56.9 Å². The molecular formula is C29H47NO4. The molecule has 1 heterocycles. The van der Waals surface area contributed by atoms with Gasteiger partial charge in [-0.05, 0) is 94.3 Å². The predicted molar refractivity (Wildman–Crippen MR) is 137 cm³/mol. The quantitative estimate of drug-likeness (QED) is 0.365. The normalized spacial score (nSPS) is 33.7. The minimum absolute atomic E-state index is 0.144. The van der Waals surface area contributed by atoms with Gasteiger partial charge in [-0.3, -0.25) is 4.79 Å². The number of nitrogens with two attached hydrogens (primary N) is 1. The van der Waals surface area contributed by atoms with E-state index in [9.17, 15) is 9.90 Å². The van der Waals surface area contributed by atoms with Crippen LogP contribution in [-0.4, -0.2) is 40.5 Å². The molecule has 3 aliphatic rings. The summed E-state index contributed by atoms with van der Waals surface area (Å²) in [5.41, 5.74) is 7.28. The van der Waals surface area contributed by atoms with Crippen LogP contribution in [0.3, 0.4) is 0 Å². The first-order valence-corrected chi connectivity index (χ1v) is 13.6. The second kappa shape index (κ2) is 12.1. The summed E-state index contributed by atoms with van der Waals surface area (Å²) in [4.78, 5) is 13.0. The molecule has 3 N–H and O–H groups in total. The number of ether oxygens (including phenoxy) is 2. The zero-order valence-electron chi connectivity index (χ0n) is 21.9. The molecule has 5 heteroatoms. The SMILES string of the molecule is CCCC1(CCCC(=O)C2=CC(O)C(O[C@](C)(N)CC)CC2)CC(C)CC(C2=CCCC=C2)O1. The van der Waals surface area contributed by atoms with E-state index in [0.29, 0.717) is 31.6 Å². The van der Waals surface area contributed by atoms with Crippen molar-refractivity contribution in [3.63, 3.8) is 0 Å². The number of Topliss-reactive ketones (excluding diaryl/α,β-unsaturated/α-hetero) is 1. The van der Waals surface area contributed by atoms with Gasteiger partial charge < -0.3 is 20.3 Å². The number of aliphatic hydroxyl groups excluding tert-OH is 1. The van der Waals surface area contributed by atoms with Crippen molar-refractivity contribution < 1.29 is 19.4 Å². The molecule has 6 atom stereocenters. The second-order valence-electron chi connectivity index (χ2n) is 11.1. The van der Waals surface area contributed by atoms with Gasteiger partial charge in [-0.25, -0.2) is 0 Å². The zero-order chi connectivity index (χ0) is 24.8. The monoisotopic (exact) mass is 473 g/mol. The third kappa shape index (κ3) is 7.36. The summed E-state index contributed by atoms with van der Waals surface area (Å²) in [6, 6.07) is 0. The number of ketones is 1. The van der Waals surface area contributed by atoms with Crippen LogP contribution in [0.25, 0.3) is 0 Å². The van der Waals surface area contributed by atoms with E-state index in [4.69, 9.17) is 15.2 Å². The molecule has 3 rings (SSSR count). The molecule has 1 fully saturated rings. The van der Waals surface area contributed by atoms with Crippen molar-refractivity contribution in [2.75, 3.05) is 0 Å². The van der Waals surface area contributed by atoms with Gasteiger partial charge in [-0.1, -0.05) is 45.4 Å². The van der Waals surface area contributed by atoms with Gasteiger partial charge in [0.1, 0.15) is 5.72 Å². The van der Waals surface area contributed by atoms with E-state index < -0.39 is 11.8 Å². The van der Waals surface area contributed by atoms with Gasteiger partial charge in [-0.2, -0.15) is 0 Å². The number of allylic oxidation sites excluding steroid dienone is 3. The van der Waals surface area contributed by atoms with E-state index in [1.54, 1.807) is 6.08 Å². The molecule has 0 spiro atoms. The summed E-state index contributed by atoms with van der Waals surface area (Å²) in [6.07, 6.45) is 18.2. The van der Waals surface area contributed by atoms with Crippen LogP contribution < -0.4 is 5.73 Å². The lowest BCUT2D eigenvalue weighted by Crippen LogP contribution is -2.46. The standard InChI is InChI=1S/C29H47NO4/c1-5-16-29(20-21(3)18-27(34-29)22-11-8-7-9-12-22)17-10-13-24(31)23-14-15-26(25(32)19-23)33-28(4,30)6-2/h8,11-12,19,21,25-27,32H,5-7,9-10,13-18,20,30H2,1-4H3/t21?,25?,26?,27?,28-,29?/m0/s1. The summed E-state index contributed by atoms with van der Waals surface area (Å²) in [5, 5.41) is 10.5. The van der Waals surface area contributed by atoms with Crippen LogP contribution in [0.5, 0.6) is 0 Å².